The number of hydrogen-bond acceptors (Lipinski definition) is 4. The summed E-state index contributed by atoms with van der Waals surface area (Å²) in [6.07, 6.45) is -3.04. The summed E-state index contributed by atoms with van der Waals surface area (Å²) in [5.74, 6) is 0.0888. The molecule has 0 spiro atoms. The lowest BCUT2D eigenvalue weighted by Gasteiger charge is -2.32. The molecule has 1 heterocycles. The minimum Gasteiger partial charge on any atom is -0.494 e. The molecule has 2 aromatic rings. The van der Waals surface area contributed by atoms with Crippen molar-refractivity contribution in [3.05, 3.63) is 48.0 Å². The molecule has 2 aromatic carbocycles. The van der Waals surface area contributed by atoms with E-state index in [1.54, 1.807) is 36.1 Å². The van der Waals surface area contributed by atoms with Gasteiger partial charge in [-0.25, -0.2) is 0 Å². The summed E-state index contributed by atoms with van der Waals surface area (Å²) in [5, 5.41) is 2.60. The summed E-state index contributed by atoms with van der Waals surface area (Å²) in [6.45, 7) is 4.92. The Morgan fingerprint density at radius 2 is 1.79 bits per heavy atom. The molecule has 0 radical (unpaired) electrons. The van der Waals surface area contributed by atoms with Crippen LogP contribution < -0.4 is 14.8 Å². The highest BCUT2D eigenvalue weighted by Crippen LogP contribution is 2.37. The van der Waals surface area contributed by atoms with E-state index in [-0.39, 0.29) is 23.9 Å². The van der Waals surface area contributed by atoms with Gasteiger partial charge in [0, 0.05) is 19.5 Å². The summed E-state index contributed by atoms with van der Waals surface area (Å²) < 4.78 is 51.1. The van der Waals surface area contributed by atoms with Gasteiger partial charge in [-0.1, -0.05) is 6.92 Å². The second kappa shape index (κ2) is 10.6. The predicted molar refractivity (Wildman–Crippen MR) is 117 cm³/mol. The third-order valence-corrected chi connectivity index (χ3v) is 5.37. The molecule has 1 aliphatic heterocycles. The molecule has 1 N–H and O–H groups in total. The van der Waals surface area contributed by atoms with Crippen molar-refractivity contribution in [2.45, 2.75) is 39.3 Å². The number of likely N-dealkylation sites (tertiary alicyclic amines) is 1. The summed E-state index contributed by atoms with van der Waals surface area (Å²) >= 11 is 0. The van der Waals surface area contributed by atoms with Crippen LogP contribution in [0.2, 0.25) is 0 Å². The fraction of sp³-hybridized carbons (Fsp3) is 0.417. The maximum Gasteiger partial charge on any atom is 0.416 e. The Balaban J connectivity index is 1.82. The molecule has 1 aliphatic rings. The molecule has 1 fully saturated rings. The van der Waals surface area contributed by atoms with Crippen molar-refractivity contribution in [1.82, 2.24) is 4.90 Å². The van der Waals surface area contributed by atoms with E-state index < -0.39 is 23.6 Å². The molecule has 0 bridgehead atoms. The number of carbonyl (C=O) groups is 2. The molecule has 0 aromatic heterocycles. The Bertz CT molecular complexity index is 977. The highest BCUT2D eigenvalue weighted by atomic mass is 19.4. The summed E-state index contributed by atoms with van der Waals surface area (Å²) in [6, 6.07) is 9.57. The lowest BCUT2D eigenvalue weighted by molar-refractivity contribution is -0.138. The van der Waals surface area contributed by atoms with Gasteiger partial charge < -0.3 is 19.7 Å². The van der Waals surface area contributed by atoms with Crippen LogP contribution in [-0.4, -0.2) is 36.4 Å². The number of nitrogens with zero attached hydrogens (tertiary/aromatic N) is 1. The van der Waals surface area contributed by atoms with Crippen molar-refractivity contribution in [1.29, 1.82) is 0 Å². The molecule has 9 heteroatoms. The van der Waals surface area contributed by atoms with Gasteiger partial charge in [0.2, 0.25) is 11.8 Å². The third-order valence-electron chi connectivity index (χ3n) is 5.37. The van der Waals surface area contributed by atoms with E-state index in [0.717, 1.165) is 12.1 Å². The number of rotatable bonds is 7. The lowest BCUT2D eigenvalue weighted by atomic mass is 9.96. The van der Waals surface area contributed by atoms with Crippen molar-refractivity contribution < 1.29 is 32.2 Å². The quantitative estimate of drug-likeness (QED) is 0.589. The number of amides is 2. The predicted octanol–water partition coefficient (Wildman–Crippen LogP) is 5.48. The standard InChI is InChI=1S/C24H27F3N2O4/c1-3-22(30)29-13-5-6-16(15-29)23(31)28-20-14-17(24(25,26)27)7-12-21(20)33-19-10-8-18(9-11-19)32-4-2/h7-12,14,16H,3-6,13,15H2,1-2H3,(H,28,31). The summed E-state index contributed by atoms with van der Waals surface area (Å²) in [7, 11) is 0. The second-order valence-corrected chi connectivity index (χ2v) is 7.74. The van der Waals surface area contributed by atoms with Crippen molar-refractivity contribution in [3.63, 3.8) is 0 Å². The molecular formula is C24H27F3N2O4. The van der Waals surface area contributed by atoms with Crippen LogP contribution in [0.4, 0.5) is 18.9 Å². The second-order valence-electron chi connectivity index (χ2n) is 7.74. The third kappa shape index (κ3) is 6.40. The molecule has 3 rings (SSSR count). The number of halogens is 3. The van der Waals surface area contributed by atoms with E-state index >= 15 is 0 Å². The minimum absolute atomic E-state index is 0.0499. The molecule has 33 heavy (non-hydrogen) atoms. The van der Waals surface area contributed by atoms with Gasteiger partial charge in [0.15, 0.2) is 5.75 Å². The number of alkyl halides is 3. The topological polar surface area (TPSA) is 67.9 Å². The average molecular weight is 464 g/mol. The van der Waals surface area contributed by atoms with Crippen LogP contribution in [0.1, 0.15) is 38.7 Å². The number of piperidine rings is 1. The van der Waals surface area contributed by atoms with E-state index in [4.69, 9.17) is 9.47 Å². The molecule has 178 valence electrons. The Morgan fingerprint density at radius 1 is 1.09 bits per heavy atom. The van der Waals surface area contributed by atoms with Crippen molar-refractivity contribution >= 4 is 17.5 Å². The zero-order chi connectivity index (χ0) is 24.0. The number of ether oxygens (including phenoxy) is 2. The summed E-state index contributed by atoms with van der Waals surface area (Å²) in [5.41, 5.74) is -0.981. The Hall–Kier alpha value is -3.23. The van der Waals surface area contributed by atoms with Gasteiger partial charge in [-0.3, -0.25) is 9.59 Å². The minimum atomic E-state index is -4.58. The van der Waals surface area contributed by atoms with E-state index in [1.165, 1.54) is 6.07 Å². The van der Waals surface area contributed by atoms with Crippen LogP contribution in [0.25, 0.3) is 0 Å². The van der Waals surface area contributed by atoms with Gasteiger partial charge in [0.25, 0.3) is 0 Å². The highest BCUT2D eigenvalue weighted by molar-refractivity contribution is 5.94. The van der Waals surface area contributed by atoms with E-state index in [0.29, 0.717) is 43.9 Å². The molecule has 2 amide bonds. The number of anilines is 1. The first kappa shape index (κ1) is 24.4. The monoisotopic (exact) mass is 464 g/mol. The van der Waals surface area contributed by atoms with E-state index in [2.05, 4.69) is 5.32 Å². The first-order valence-corrected chi connectivity index (χ1v) is 10.9. The Labute approximate surface area is 190 Å². The highest BCUT2D eigenvalue weighted by Gasteiger charge is 2.33. The number of nitrogens with one attached hydrogen (secondary N) is 1. The number of benzene rings is 2. The van der Waals surface area contributed by atoms with Crippen LogP contribution in [0.15, 0.2) is 42.5 Å². The van der Waals surface area contributed by atoms with Gasteiger partial charge >= 0.3 is 6.18 Å². The SMILES string of the molecule is CCOc1ccc(Oc2ccc(C(F)(F)F)cc2NC(=O)C2CCCN(C(=O)CC)C2)cc1. The van der Waals surface area contributed by atoms with E-state index in [9.17, 15) is 22.8 Å². The van der Waals surface area contributed by atoms with Gasteiger partial charge in [0.05, 0.1) is 23.8 Å². The Kier molecular flexibility index (Phi) is 7.84. The van der Waals surface area contributed by atoms with Crippen LogP contribution in [0, 0.1) is 5.92 Å². The van der Waals surface area contributed by atoms with Crippen LogP contribution in [0.3, 0.4) is 0 Å². The lowest BCUT2D eigenvalue weighted by Crippen LogP contribution is -2.43. The van der Waals surface area contributed by atoms with Gasteiger partial charge in [0.1, 0.15) is 11.5 Å². The fourth-order valence-corrected chi connectivity index (χ4v) is 3.67. The molecule has 1 saturated heterocycles. The van der Waals surface area contributed by atoms with Gasteiger partial charge in [-0.15, -0.1) is 0 Å². The molecule has 6 nitrogen and oxygen atoms in total. The maximum atomic E-state index is 13.3. The fourth-order valence-electron chi connectivity index (χ4n) is 3.67. The van der Waals surface area contributed by atoms with Crippen LogP contribution in [0.5, 0.6) is 17.2 Å². The normalized spacial score (nSPS) is 16.3. The first-order chi connectivity index (χ1) is 15.7. The van der Waals surface area contributed by atoms with E-state index in [1.807, 2.05) is 6.92 Å². The largest absolute Gasteiger partial charge is 0.494 e. The average Bonchev–Trinajstić information content (AvgIpc) is 2.80. The van der Waals surface area contributed by atoms with Crippen LogP contribution >= 0.6 is 0 Å². The van der Waals surface area contributed by atoms with Crippen molar-refractivity contribution in [2.75, 3.05) is 25.0 Å². The van der Waals surface area contributed by atoms with Crippen molar-refractivity contribution in [2.24, 2.45) is 5.92 Å². The molecule has 1 atom stereocenters. The number of hydrogen-bond donors (Lipinski definition) is 1. The van der Waals surface area contributed by atoms with Crippen molar-refractivity contribution in [3.8, 4) is 17.2 Å². The molecule has 0 aliphatic carbocycles. The maximum absolute atomic E-state index is 13.3. The Morgan fingerprint density at radius 3 is 2.42 bits per heavy atom. The zero-order valence-corrected chi connectivity index (χ0v) is 18.6. The number of carbonyl (C=O) groups excluding carboxylic acids is 2. The molecular weight excluding hydrogens is 437 g/mol. The first-order valence-electron chi connectivity index (χ1n) is 10.9. The van der Waals surface area contributed by atoms with Gasteiger partial charge in [-0.2, -0.15) is 13.2 Å². The van der Waals surface area contributed by atoms with Crippen LogP contribution in [-0.2, 0) is 15.8 Å². The smallest absolute Gasteiger partial charge is 0.416 e. The van der Waals surface area contributed by atoms with Gasteiger partial charge in [-0.05, 0) is 62.2 Å². The zero-order valence-electron chi connectivity index (χ0n) is 18.6. The molecule has 1 unspecified atom stereocenters. The molecule has 0 saturated carbocycles. The summed E-state index contributed by atoms with van der Waals surface area (Å²) in [4.78, 5) is 26.5.